The van der Waals surface area contributed by atoms with Gasteiger partial charge in [-0.15, -0.1) is 10.2 Å². The van der Waals surface area contributed by atoms with E-state index in [1.807, 2.05) is 36.7 Å². The monoisotopic (exact) mass is 336 g/mol. The number of nitrogens with one attached hydrogen (secondary N) is 2. The van der Waals surface area contributed by atoms with Crippen LogP contribution in [0.2, 0.25) is 5.02 Å². The number of hydrogen-bond acceptors (Lipinski definition) is 4. The van der Waals surface area contributed by atoms with Crippen LogP contribution in [0.25, 0.3) is 0 Å². The summed E-state index contributed by atoms with van der Waals surface area (Å²) in [4.78, 5) is 4.19. The Morgan fingerprint density at radius 2 is 2.04 bits per heavy atom. The maximum absolute atomic E-state index is 6.12. The van der Waals surface area contributed by atoms with Gasteiger partial charge in [0.25, 0.3) is 0 Å². The number of aromatic nitrogens is 3. The average molecular weight is 337 g/mol. The summed E-state index contributed by atoms with van der Waals surface area (Å²) in [5, 5.41) is 15.2. The first-order chi connectivity index (χ1) is 11.0. The molecule has 0 aliphatic rings. The first-order valence-corrected chi connectivity index (χ1v) is 7.54. The van der Waals surface area contributed by atoms with E-state index in [0.29, 0.717) is 29.8 Å². The fourth-order valence-corrected chi connectivity index (χ4v) is 2.27. The molecule has 0 aliphatic carbocycles. The first-order valence-electron chi connectivity index (χ1n) is 7.17. The average Bonchev–Trinajstić information content (AvgIpc) is 2.87. The molecular weight excluding hydrogens is 316 g/mol. The third-order valence-corrected chi connectivity index (χ3v) is 3.79. The molecule has 124 valence electrons. The number of methoxy groups -OCH3 is 1. The Hall–Kier alpha value is -2.28. The summed E-state index contributed by atoms with van der Waals surface area (Å²) in [7, 11) is 5.25. The van der Waals surface area contributed by atoms with Crippen LogP contribution in [-0.4, -0.2) is 34.9 Å². The van der Waals surface area contributed by atoms with Gasteiger partial charge in [-0.2, -0.15) is 0 Å². The van der Waals surface area contributed by atoms with Crippen LogP contribution >= 0.6 is 11.6 Å². The van der Waals surface area contributed by atoms with Crippen molar-refractivity contribution in [1.29, 1.82) is 0 Å². The van der Waals surface area contributed by atoms with Crippen LogP contribution < -0.4 is 15.4 Å². The van der Waals surface area contributed by atoms with Crippen LogP contribution in [0.5, 0.6) is 5.75 Å². The highest BCUT2D eigenvalue weighted by atomic mass is 35.5. The minimum Gasteiger partial charge on any atom is -0.495 e. The summed E-state index contributed by atoms with van der Waals surface area (Å²) in [5.41, 5.74) is 1.04. The van der Waals surface area contributed by atoms with Crippen molar-refractivity contribution >= 4 is 17.6 Å². The van der Waals surface area contributed by atoms with Gasteiger partial charge in [0, 0.05) is 20.6 Å². The van der Waals surface area contributed by atoms with Crippen molar-refractivity contribution in [2.24, 2.45) is 12.0 Å². The molecule has 0 spiro atoms. The van der Waals surface area contributed by atoms with Gasteiger partial charge in [0.1, 0.15) is 11.6 Å². The fraction of sp³-hybridized carbons (Fsp3) is 0.400. The number of benzene rings is 1. The SMILES string of the molecule is CN=C(NCc1ccc(OC)c(Cl)c1)NCc1nnc(C)n1C. The molecule has 0 saturated carbocycles. The molecule has 1 heterocycles. The minimum atomic E-state index is 0.542. The summed E-state index contributed by atoms with van der Waals surface area (Å²) in [5.74, 6) is 3.06. The molecule has 0 amide bonds. The van der Waals surface area contributed by atoms with Crippen molar-refractivity contribution in [3.05, 3.63) is 40.4 Å². The smallest absolute Gasteiger partial charge is 0.191 e. The molecule has 23 heavy (non-hydrogen) atoms. The second-order valence-electron chi connectivity index (χ2n) is 4.97. The summed E-state index contributed by atoms with van der Waals surface area (Å²) >= 11 is 6.12. The Morgan fingerprint density at radius 1 is 1.30 bits per heavy atom. The van der Waals surface area contributed by atoms with Crippen molar-refractivity contribution in [3.63, 3.8) is 0 Å². The molecule has 0 atom stereocenters. The standard InChI is InChI=1S/C15H21ClN6O/c1-10-20-21-14(22(10)3)9-19-15(17-2)18-8-11-5-6-13(23-4)12(16)7-11/h5-7H,8-9H2,1-4H3,(H2,17,18,19). The predicted molar refractivity (Wildman–Crippen MR) is 90.8 cm³/mol. The molecule has 0 unspecified atom stereocenters. The molecule has 0 bridgehead atoms. The predicted octanol–water partition coefficient (Wildman–Crippen LogP) is 1.65. The van der Waals surface area contributed by atoms with Crippen molar-refractivity contribution in [2.75, 3.05) is 14.2 Å². The number of guanidine groups is 1. The first kappa shape index (κ1) is 17.1. The van der Waals surface area contributed by atoms with Crippen LogP contribution in [0, 0.1) is 6.92 Å². The second-order valence-corrected chi connectivity index (χ2v) is 5.38. The normalized spacial score (nSPS) is 11.4. The molecule has 7 nitrogen and oxygen atoms in total. The highest BCUT2D eigenvalue weighted by Gasteiger charge is 2.06. The lowest BCUT2D eigenvalue weighted by Gasteiger charge is -2.12. The largest absolute Gasteiger partial charge is 0.495 e. The van der Waals surface area contributed by atoms with E-state index in [9.17, 15) is 0 Å². The van der Waals surface area contributed by atoms with E-state index in [4.69, 9.17) is 16.3 Å². The van der Waals surface area contributed by atoms with Gasteiger partial charge in [-0.1, -0.05) is 17.7 Å². The molecule has 2 aromatic rings. The Kier molecular flexibility index (Phi) is 5.81. The molecular formula is C15H21ClN6O. The van der Waals surface area contributed by atoms with Gasteiger partial charge in [-0.3, -0.25) is 4.99 Å². The van der Waals surface area contributed by atoms with E-state index >= 15 is 0 Å². The molecule has 2 N–H and O–H groups in total. The second kappa shape index (κ2) is 7.82. The van der Waals surface area contributed by atoms with Crippen molar-refractivity contribution in [1.82, 2.24) is 25.4 Å². The van der Waals surface area contributed by atoms with Crippen molar-refractivity contribution in [2.45, 2.75) is 20.0 Å². The third-order valence-electron chi connectivity index (χ3n) is 3.50. The van der Waals surface area contributed by atoms with Crippen LogP contribution in [0.4, 0.5) is 0 Å². The Morgan fingerprint density at radius 3 is 2.61 bits per heavy atom. The van der Waals surface area contributed by atoms with E-state index in [0.717, 1.165) is 17.2 Å². The lowest BCUT2D eigenvalue weighted by atomic mass is 10.2. The highest BCUT2D eigenvalue weighted by Crippen LogP contribution is 2.24. The van der Waals surface area contributed by atoms with Gasteiger partial charge in [-0.25, -0.2) is 0 Å². The molecule has 2 rings (SSSR count). The van der Waals surface area contributed by atoms with E-state index in [1.165, 1.54) is 0 Å². The van der Waals surface area contributed by atoms with Crippen molar-refractivity contribution < 1.29 is 4.74 Å². The topological polar surface area (TPSA) is 76.4 Å². The van der Waals surface area contributed by atoms with Gasteiger partial charge in [0.05, 0.1) is 18.7 Å². The molecule has 1 aromatic heterocycles. The summed E-state index contributed by atoms with van der Waals surface area (Å²) in [6.07, 6.45) is 0. The van der Waals surface area contributed by atoms with E-state index in [-0.39, 0.29) is 0 Å². The third kappa shape index (κ3) is 4.35. The van der Waals surface area contributed by atoms with Gasteiger partial charge in [-0.05, 0) is 24.6 Å². The molecule has 0 radical (unpaired) electrons. The van der Waals surface area contributed by atoms with Crippen LogP contribution in [0.15, 0.2) is 23.2 Å². The zero-order valence-electron chi connectivity index (χ0n) is 13.7. The van der Waals surface area contributed by atoms with E-state index < -0.39 is 0 Å². The summed E-state index contributed by atoms with van der Waals surface area (Å²) in [6.45, 7) is 3.05. The van der Waals surface area contributed by atoms with Gasteiger partial charge < -0.3 is 19.9 Å². The summed E-state index contributed by atoms with van der Waals surface area (Å²) in [6, 6.07) is 5.67. The van der Waals surface area contributed by atoms with E-state index in [1.54, 1.807) is 14.2 Å². The molecule has 0 aliphatic heterocycles. The van der Waals surface area contributed by atoms with Crippen LogP contribution in [0.3, 0.4) is 0 Å². The van der Waals surface area contributed by atoms with Crippen LogP contribution in [0.1, 0.15) is 17.2 Å². The zero-order chi connectivity index (χ0) is 16.8. The molecule has 0 saturated heterocycles. The molecule has 0 fully saturated rings. The van der Waals surface area contributed by atoms with Crippen LogP contribution in [-0.2, 0) is 20.1 Å². The number of aryl methyl sites for hydroxylation is 1. The maximum atomic E-state index is 6.12. The number of halogens is 1. The fourth-order valence-electron chi connectivity index (χ4n) is 1.99. The lowest BCUT2D eigenvalue weighted by molar-refractivity contribution is 0.415. The number of nitrogens with zero attached hydrogens (tertiary/aromatic N) is 4. The van der Waals surface area contributed by atoms with Gasteiger partial charge in [0.2, 0.25) is 0 Å². The minimum absolute atomic E-state index is 0.542. The van der Waals surface area contributed by atoms with Gasteiger partial charge >= 0.3 is 0 Å². The summed E-state index contributed by atoms with van der Waals surface area (Å²) < 4.78 is 7.08. The van der Waals surface area contributed by atoms with Crippen molar-refractivity contribution in [3.8, 4) is 5.75 Å². The number of ether oxygens (including phenoxy) is 1. The number of aliphatic imine (C=N–C) groups is 1. The van der Waals surface area contributed by atoms with E-state index in [2.05, 4.69) is 25.8 Å². The lowest BCUT2D eigenvalue weighted by Crippen LogP contribution is -2.36. The zero-order valence-corrected chi connectivity index (χ0v) is 14.5. The highest BCUT2D eigenvalue weighted by molar-refractivity contribution is 6.32. The quantitative estimate of drug-likeness (QED) is 0.641. The van der Waals surface area contributed by atoms with Gasteiger partial charge in [0.15, 0.2) is 11.8 Å². The molecule has 1 aromatic carbocycles. The number of hydrogen-bond donors (Lipinski definition) is 2. The maximum Gasteiger partial charge on any atom is 0.191 e. The Bertz CT molecular complexity index is 697. The molecule has 8 heteroatoms. The number of rotatable bonds is 5. The Balaban J connectivity index is 1.90. The Labute approximate surface area is 140 Å².